The summed E-state index contributed by atoms with van der Waals surface area (Å²) in [4.78, 5) is 18.8. The first-order valence-electron chi connectivity index (χ1n) is 8.91. The average molecular weight is 380 g/mol. The molecule has 0 saturated carbocycles. The third-order valence-corrected chi connectivity index (χ3v) is 5.29. The van der Waals surface area contributed by atoms with Crippen molar-refractivity contribution >= 4 is 34.2 Å². The largest absolute Gasteiger partial charge is 0.440 e. The molecule has 3 aromatic rings. The van der Waals surface area contributed by atoms with Crippen LogP contribution in [0.15, 0.2) is 40.8 Å². The molecule has 1 aliphatic heterocycles. The minimum Gasteiger partial charge on any atom is -0.440 e. The predicted octanol–water partition coefficient (Wildman–Crippen LogP) is 4.94. The summed E-state index contributed by atoms with van der Waals surface area (Å²) in [5.74, 6) is 0.976. The number of oxazole rings is 1. The number of Topliss-reactive ketones (excluding diaryl/α,β-unsaturated/α-hetero) is 1. The van der Waals surface area contributed by atoms with Gasteiger partial charge in [0, 0.05) is 35.3 Å². The molecule has 5 nitrogen and oxygen atoms in total. The van der Waals surface area contributed by atoms with Crippen molar-refractivity contribution in [2.75, 3.05) is 18.0 Å². The van der Waals surface area contributed by atoms with Gasteiger partial charge in [0.1, 0.15) is 5.52 Å². The van der Waals surface area contributed by atoms with Gasteiger partial charge in [0.15, 0.2) is 17.3 Å². The molecule has 0 atom stereocenters. The standard InChI is InChI=1S/C21H18ClN3O2/c1-13(26)17-4-2-14(12-23)10-19(17)25-8-6-15(7-9-25)21-24-18-11-16(22)3-5-20(18)27-21/h2-5,10-11,15H,6-9H2,1H3. The SMILES string of the molecule is CC(=O)c1ccc(C#N)cc1N1CCC(c2nc3cc(Cl)ccc3o2)CC1. The van der Waals surface area contributed by atoms with Gasteiger partial charge < -0.3 is 9.32 Å². The van der Waals surface area contributed by atoms with E-state index in [0.717, 1.165) is 48.6 Å². The Balaban J connectivity index is 1.55. The van der Waals surface area contributed by atoms with Gasteiger partial charge in [0.25, 0.3) is 0 Å². The average Bonchev–Trinajstić information content (AvgIpc) is 3.10. The molecule has 2 heterocycles. The van der Waals surface area contributed by atoms with E-state index in [4.69, 9.17) is 16.0 Å². The van der Waals surface area contributed by atoms with Crippen LogP contribution in [0.5, 0.6) is 0 Å². The lowest BCUT2D eigenvalue weighted by Gasteiger charge is -2.33. The molecule has 1 fully saturated rings. The Morgan fingerprint density at radius 2 is 2.04 bits per heavy atom. The van der Waals surface area contributed by atoms with Crippen LogP contribution in [0.1, 0.15) is 47.5 Å². The second-order valence-electron chi connectivity index (χ2n) is 6.83. The number of hydrogen-bond acceptors (Lipinski definition) is 5. The van der Waals surface area contributed by atoms with E-state index < -0.39 is 0 Å². The highest BCUT2D eigenvalue weighted by Gasteiger charge is 2.26. The van der Waals surface area contributed by atoms with Crippen molar-refractivity contribution < 1.29 is 9.21 Å². The number of halogens is 1. The molecule has 1 aliphatic rings. The summed E-state index contributed by atoms with van der Waals surface area (Å²) < 4.78 is 5.92. The molecule has 0 amide bonds. The van der Waals surface area contributed by atoms with Crippen LogP contribution in [-0.2, 0) is 0 Å². The molecule has 0 bridgehead atoms. The summed E-state index contributed by atoms with van der Waals surface area (Å²) in [6.45, 7) is 3.11. The van der Waals surface area contributed by atoms with E-state index in [1.165, 1.54) is 0 Å². The Bertz CT molecular complexity index is 1060. The van der Waals surface area contributed by atoms with E-state index in [1.54, 1.807) is 31.2 Å². The Hall–Kier alpha value is -2.84. The van der Waals surface area contributed by atoms with Crippen LogP contribution in [0.3, 0.4) is 0 Å². The zero-order chi connectivity index (χ0) is 19.0. The van der Waals surface area contributed by atoms with Crippen LogP contribution in [0.25, 0.3) is 11.1 Å². The summed E-state index contributed by atoms with van der Waals surface area (Å²) >= 11 is 6.03. The molecule has 1 aromatic heterocycles. The number of fused-ring (bicyclic) bond motifs is 1. The Labute approximate surface area is 162 Å². The van der Waals surface area contributed by atoms with Gasteiger partial charge in [0.05, 0.1) is 11.6 Å². The predicted molar refractivity (Wildman–Crippen MR) is 104 cm³/mol. The monoisotopic (exact) mass is 379 g/mol. The zero-order valence-electron chi connectivity index (χ0n) is 14.9. The molecule has 0 aliphatic carbocycles. The number of benzene rings is 2. The smallest absolute Gasteiger partial charge is 0.198 e. The molecule has 27 heavy (non-hydrogen) atoms. The molecule has 2 aromatic carbocycles. The van der Waals surface area contributed by atoms with Crippen LogP contribution < -0.4 is 4.90 Å². The first-order chi connectivity index (χ1) is 13.0. The quantitative estimate of drug-likeness (QED) is 0.603. The minimum absolute atomic E-state index is 0.00689. The van der Waals surface area contributed by atoms with Crippen molar-refractivity contribution in [2.24, 2.45) is 0 Å². The molecular weight excluding hydrogens is 362 g/mol. The van der Waals surface area contributed by atoms with Gasteiger partial charge in [-0.2, -0.15) is 5.26 Å². The summed E-state index contributed by atoms with van der Waals surface area (Å²) in [6, 6.07) is 12.8. The number of aromatic nitrogens is 1. The van der Waals surface area contributed by atoms with Crippen molar-refractivity contribution in [3.05, 3.63) is 58.4 Å². The van der Waals surface area contributed by atoms with E-state index in [0.29, 0.717) is 16.1 Å². The molecule has 6 heteroatoms. The van der Waals surface area contributed by atoms with Crippen molar-refractivity contribution in [2.45, 2.75) is 25.7 Å². The van der Waals surface area contributed by atoms with Crippen LogP contribution >= 0.6 is 11.6 Å². The number of nitriles is 1. The molecule has 4 rings (SSSR count). The van der Waals surface area contributed by atoms with E-state index in [1.807, 2.05) is 12.1 Å². The van der Waals surface area contributed by atoms with Gasteiger partial charge in [-0.3, -0.25) is 4.79 Å². The van der Waals surface area contributed by atoms with E-state index in [9.17, 15) is 10.1 Å². The van der Waals surface area contributed by atoms with Crippen molar-refractivity contribution in [1.29, 1.82) is 5.26 Å². The number of rotatable bonds is 3. The lowest BCUT2D eigenvalue weighted by Crippen LogP contribution is -2.34. The van der Waals surface area contributed by atoms with Crippen LogP contribution in [0.2, 0.25) is 5.02 Å². The lowest BCUT2D eigenvalue weighted by atomic mass is 9.95. The molecule has 1 saturated heterocycles. The fourth-order valence-electron chi connectivity index (χ4n) is 3.62. The van der Waals surface area contributed by atoms with Gasteiger partial charge in [-0.05, 0) is 56.2 Å². The first kappa shape index (κ1) is 17.6. The highest BCUT2D eigenvalue weighted by molar-refractivity contribution is 6.31. The van der Waals surface area contributed by atoms with Crippen molar-refractivity contribution in [3.8, 4) is 6.07 Å². The van der Waals surface area contributed by atoms with E-state index >= 15 is 0 Å². The van der Waals surface area contributed by atoms with Gasteiger partial charge in [-0.15, -0.1) is 0 Å². The Kier molecular flexibility index (Phi) is 4.59. The Morgan fingerprint density at radius 3 is 2.74 bits per heavy atom. The molecular formula is C21H18ClN3O2. The topological polar surface area (TPSA) is 70.1 Å². The van der Waals surface area contributed by atoms with Crippen molar-refractivity contribution in [1.82, 2.24) is 4.98 Å². The van der Waals surface area contributed by atoms with E-state index in [2.05, 4.69) is 16.0 Å². The number of anilines is 1. The van der Waals surface area contributed by atoms with Crippen molar-refractivity contribution in [3.63, 3.8) is 0 Å². The minimum atomic E-state index is 0.00689. The third-order valence-electron chi connectivity index (χ3n) is 5.06. The summed E-state index contributed by atoms with van der Waals surface area (Å²) in [7, 11) is 0. The lowest BCUT2D eigenvalue weighted by molar-refractivity contribution is 0.101. The fraction of sp³-hybridized carbons (Fsp3) is 0.286. The number of carbonyl (C=O) groups is 1. The number of nitrogens with zero attached hydrogens (tertiary/aromatic N) is 3. The molecule has 0 radical (unpaired) electrons. The zero-order valence-corrected chi connectivity index (χ0v) is 15.7. The highest BCUT2D eigenvalue weighted by atomic mass is 35.5. The van der Waals surface area contributed by atoms with Gasteiger partial charge >= 0.3 is 0 Å². The second kappa shape index (κ2) is 7.05. The first-order valence-corrected chi connectivity index (χ1v) is 9.29. The van der Waals surface area contributed by atoms with Crippen LogP contribution in [0.4, 0.5) is 5.69 Å². The maximum Gasteiger partial charge on any atom is 0.198 e. The van der Waals surface area contributed by atoms with Crippen LogP contribution in [-0.4, -0.2) is 23.9 Å². The highest BCUT2D eigenvalue weighted by Crippen LogP contribution is 2.34. The summed E-state index contributed by atoms with van der Waals surface area (Å²) in [5, 5.41) is 9.83. The second-order valence-corrected chi connectivity index (χ2v) is 7.26. The number of piperidine rings is 1. The molecule has 0 N–H and O–H groups in total. The molecule has 0 spiro atoms. The number of hydrogen-bond donors (Lipinski definition) is 0. The van der Waals surface area contributed by atoms with Gasteiger partial charge in [0.2, 0.25) is 0 Å². The molecule has 136 valence electrons. The maximum absolute atomic E-state index is 12.0. The van der Waals surface area contributed by atoms with E-state index in [-0.39, 0.29) is 11.7 Å². The summed E-state index contributed by atoms with van der Waals surface area (Å²) in [6.07, 6.45) is 1.74. The normalized spacial score (nSPS) is 15.1. The van der Waals surface area contributed by atoms with Gasteiger partial charge in [-0.1, -0.05) is 11.6 Å². The maximum atomic E-state index is 12.0. The Morgan fingerprint density at radius 1 is 1.26 bits per heavy atom. The molecule has 0 unspecified atom stereocenters. The number of ketones is 1. The van der Waals surface area contributed by atoms with Crippen LogP contribution in [0, 0.1) is 11.3 Å². The summed E-state index contributed by atoms with van der Waals surface area (Å²) in [5.41, 5.74) is 3.58. The number of carbonyl (C=O) groups excluding carboxylic acids is 1. The van der Waals surface area contributed by atoms with Gasteiger partial charge in [-0.25, -0.2) is 4.98 Å². The fourth-order valence-corrected chi connectivity index (χ4v) is 3.79. The third kappa shape index (κ3) is 3.41.